The van der Waals surface area contributed by atoms with E-state index in [4.69, 9.17) is 5.73 Å². The van der Waals surface area contributed by atoms with Crippen LogP contribution in [0.25, 0.3) is 0 Å². The Labute approximate surface area is 78.4 Å². The molecular weight excluding hydrogens is 162 g/mol. The van der Waals surface area contributed by atoms with Crippen molar-refractivity contribution in [3.63, 3.8) is 0 Å². The lowest BCUT2D eigenvalue weighted by molar-refractivity contribution is 0.474. The van der Waals surface area contributed by atoms with E-state index in [2.05, 4.69) is 0 Å². The van der Waals surface area contributed by atoms with Crippen molar-refractivity contribution in [1.82, 2.24) is 0 Å². The van der Waals surface area contributed by atoms with Crippen LogP contribution in [0.15, 0.2) is 18.2 Å². The van der Waals surface area contributed by atoms with Crippen LogP contribution in [0.3, 0.4) is 0 Å². The molecular formula is C11H15NO. The lowest BCUT2D eigenvalue weighted by Crippen LogP contribution is -2.13. The highest BCUT2D eigenvalue weighted by atomic mass is 16.3. The van der Waals surface area contributed by atoms with Gasteiger partial charge in [0, 0.05) is 6.04 Å². The summed E-state index contributed by atoms with van der Waals surface area (Å²) >= 11 is 0. The number of benzene rings is 1. The molecule has 0 aliphatic heterocycles. The van der Waals surface area contributed by atoms with Crippen LogP contribution in [0.1, 0.15) is 30.0 Å². The molecule has 70 valence electrons. The Morgan fingerprint density at radius 1 is 1.46 bits per heavy atom. The van der Waals surface area contributed by atoms with Crippen LogP contribution in [0.4, 0.5) is 0 Å². The molecule has 2 heteroatoms. The quantitative estimate of drug-likeness (QED) is 0.726. The zero-order valence-electron chi connectivity index (χ0n) is 7.83. The number of aromatic hydroxyl groups is 1. The van der Waals surface area contributed by atoms with Crippen molar-refractivity contribution in [3.05, 3.63) is 29.3 Å². The first-order valence-electron chi connectivity index (χ1n) is 4.73. The molecule has 2 nitrogen and oxygen atoms in total. The van der Waals surface area contributed by atoms with Gasteiger partial charge in [0.15, 0.2) is 0 Å². The third-order valence-electron chi connectivity index (χ3n) is 2.74. The highest BCUT2D eigenvalue weighted by molar-refractivity contribution is 5.36. The number of rotatable bonds is 2. The summed E-state index contributed by atoms with van der Waals surface area (Å²) < 4.78 is 0. The minimum absolute atomic E-state index is 0.167. The van der Waals surface area contributed by atoms with Crippen LogP contribution in [-0.4, -0.2) is 5.11 Å². The fourth-order valence-corrected chi connectivity index (χ4v) is 1.74. The molecule has 0 saturated heterocycles. The summed E-state index contributed by atoms with van der Waals surface area (Å²) in [5, 5.41) is 9.23. The normalized spacial score (nSPS) is 18.6. The van der Waals surface area contributed by atoms with Crippen LogP contribution < -0.4 is 5.73 Å². The molecule has 0 bridgehead atoms. The zero-order valence-corrected chi connectivity index (χ0v) is 7.83. The Hall–Kier alpha value is -1.02. The highest BCUT2D eigenvalue weighted by Gasteiger charge is 2.30. The van der Waals surface area contributed by atoms with E-state index in [1.165, 1.54) is 18.4 Å². The van der Waals surface area contributed by atoms with E-state index in [0.717, 1.165) is 5.56 Å². The summed E-state index contributed by atoms with van der Waals surface area (Å²) in [7, 11) is 0. The first kappa shape index (κ1) is 8.57. The Bertz CT molecular complexity index is 318. The summed E-state index contributed by atoms with van der Waals surface area (Å²) in [6.45, 7) is 2.00. The Balaban J connectivity index is 2.28. The van der Waals surface area contributed by atoms with Crippen molar-refractivity contribution in [2.75, 3.05) is 0 Å². The van der Waals surface area contributed by atoms with Crippen LogP contribution in [0.2, 0.25) is 0 Å². The standard InChI is InChI=1S/C11H15NO/c1-7-6-9(13)4-5-10(7)11(12)8-2-3-8/h4-6,8,11,13H,2-3,12H2,1H3. The van der Waals surface area contributed by atoms with Crippen molar-refractivity contribution in [3.8, 4) is 5.75 Å². The summed E-state index contributed by atoms with van der Waals surface area (Å²) in [4.78, 5) is 0. The number of phenolic OH excluding ortho intramolecular Hbond substituents is 1. The largest absolute Gasteiger partial charge is 0.508 e. The molecule has 1 aliphatic carbocycles. The van der Waals surface area contributed by atoms with Crippen molar-refractivity contribution in [2.45, 2.75) is 25.8 Å². The number of phenols is 1. The molecule has 0 spiro atoms. The van der Waals surface area contributed by atoms with E-state index in [-0.39, 0.29) is 6.04 Å². The molecule has 0 radical (unpaired) electrons. The first-order chi connectivity index (χ1) is 6.18. The molecule has 0 aromatic heterocycles. The topological polar surface area (TPSA) is 46.2 Å². The average molecular weight is 177 g/mol. The average Bonchev–Trinajstić information content (AvgIpc) is 2.85. The molecule has 1 aromatic carbocycles. The summed E-state index contributed by atoms with van der Waals surface area (Å²) in [6, 6.07) is 5.59. The second-order valence-corrected chi connectivity index (χ2v) is 3.90. The lowest BCUT2D eigenvalue weighted by atomic mass is 9.98. The SMILES string of the molecule is Cc1cc(O)ccc1C(N)C1CC1. The molecule has 2 rings (SSSR count). The third kappa shape index (κ3) is 1.68. The van der Waals surface area contributed by atoms with E-state index in [9.17, 15) is 5.11 Å². The highest BCUT2D eigenvalue weighted by Crippen LogP contribution is 2.40. The molecule has 1 fully saturated rings. The van der Waals surface area contributed by atoms with Crippen molar-refractivity contribution in [1.29, 1.82) is 0 Å². The maximum atomic E-state index is 9.23. The molecule has 1 saturated carbocycles. The van der Waals surface area contributed by atoms with Crippen LogP contribution >= 0.6 is 0 Å². The van der Waals surface area contributed by atoms with Gasteiger partial charge in [0.25, 0.3) is 0 Å². The molecule has 0 amide bonds. The predicted molar refractivity (Wildman–Crippen MR) is 52.5 cm³/mol. The fourth-order valence-electron chi connectivity index (χ4n) is 1.74. The van der Waals surface area contributed by atoms with Crippen molar-refractivity contribution in [2.24, 2.45) is 11.7 Å². The van der Waals surface area contributed by atoms with Gasteiger partial charge in [-0.05, 0) is 48.9 Å². The summed E-state index contributed by atoms with van der Waals surface area (Å²) in [5.41, 5.74) is 8.35. The van der Waals surface area contributed by atoms with Crippen molar-refractivity contribution >= 4 is 0 Å². The van der Waals surface area contributed by atoms with Gasteiger partial charge >= 0.3 is 0 Å². The number of aryl methyl sites for hydroxylation is 1. The Kier molecular flexibility index (Phi) is 2.00. The number of hydrogen-bond acceptors (Lipinski definition) is 2. The van der Waals surface area contributed by atoms with Crippen LogP contribution in [-0.2, 0) is 0 Å². The smallest absolute Gasteiger partial charge is 0.115 e. The van der Waals surface area contributed by atoms with E-state index in [1.54, 1.807) is 12.1 Å². The molecule has 1 aromatic rings. The number of nitrogens with two attached hydrogens (primary N) is 1. The van der Waals surface area contributed by atoms with E-state index >= 15 is 0 Å². The van der Waals surface area contributed by atoms with Crippen LogP contribution in [0, 0.1) is 12.8 Å². The van der Waals surface area contributed by atoms with E-state index in [1.807, 2.05) is 13.0 Å². The summed E-state index contributed by atoms with van der Waals surface area (Å²) in [6.07, 6.45) is 2.50. The third-order valence-corrected chi connectivity index (χ3v) is 2.74. The second-order valence-electron chi connectivity index (χ2n) is 3.90. The van der Waals surface area contributed by atoms with E-state index in [0.29, 0.717) is 11.7 Å². The van der Waals surface area contributed by atoms with Gasteiger partial charge in [0.1, 0.15) is 5.75 Å². The first-order valence-corrected chi connectivity index (χ1v) is 4.73. The molecule has 3 N–H and O–H groups in total. The van der Waals surface area contributed by atoms with Gasteiger partial charge in [0.05, 0.1) is 0 Å². The second kappa shape index (κ2) is 3.04. The van der Waals surface area contributed by atoms with E-state index < -0.39 is 0 Å². The minimum Gasteiger partial charge on any atom is -0.508 e. The van der Waals surface area contributed by atoms with Crippen LogP contribution in [0.5, 0.6) is 5.75 Å². The molecule has 1 unspecified atom stereocenters. The Morgan fingerprint density at radius 3 is 2.69 bits per heavy atom. The summed E-state index contributed by atoms with van der Waals surface area (Å²) in [5.74, 6) is 0.993. The Morgan fingerprint density at radius 2 is 2.15 bits per heavy atom. The van der Waals surface area contributed by atoms with Gasteiger partial charge < -0.3 is 10.8 Å². The van der Waals surface area contributed by atoms with Gasteiger partial charge in [0.2, 0.25) is 0 Å². The van der Waals surface area contributed by atoms with Crippen molar-refractivity contribution < 1.29 is 5.11 Å². The predicted octanol–water partition coefficient (Wildman–Crippen LogP) is 2.11. The molecule has 1 aliphatic rings. The maximum Gasteiger partial charge on any atom is 0.115 e. The number of hydrogen-bond donors (Lipinski definition) is 2. The van der Waals surface area contributed by atoms with Gasteiger partial charge in [-0.15, -0.1) is 0 Å². The fraction of sp³-hybridized carbons (Fsp3) is 0.455. The monoisotopic (exact) mass is 177 g/mol. The maximum absolute atomic E-state index is 9.23. The zero-order chi connectivity index (χ0) is 9.42. The molecule has 0 heterocycles. The van der Waals surface area contributed by atoms with Gasteiger partial charge in [-0.3, -0.25) is 0 Å². The molecule has 13 heavy (non-hydrogen) atoms. The lowest BCUT2D eigenvalue weighted by Gasteiger charge is -2.13. The van der Waals surface area contributed by atoms with Gasteiger partial charge in [-0.2, -0.15) is 0 Å². The van der Waals surface area contributed by atoms with Gasteiger partial charge in [-0.25, -0.2) is 0 Å². The minimum atomic E-state index is 0.167. The van der Waals surface area contributed by atoms with Gasteiger partial charge in [-0.1, -0.05) is 6.07 Å². The molecule has 1 atom stereocenters.